The predicted molar refractivity (Wildman–Crippen MR) is 103 cm³/mol. The maximum atomic E-state index is 12.0. The van der Waals surface area contributed by atoms with Gasteiger partial charge in [0.05, 0.1) is 18.8 Å². The van der Waals surface area contributed by atoms with Crippen LogP contribution in [0.1, 0.15) is 59.3 Å². The summed E-state index contributed by atoms with van der Waals surface area (Å²) in [5.74, 6) is 0.0691. The van der Waals surface area contributed by atoms with Gasteiger partial charge in [0.15, 0.2) is 0 Å². The number of rotatable bonds is 6. The number of Topliss-reactive ketones (excluding diaryl/α,β-unsaturated/α-hetero) is 1. The Labute approximate surface area is 158 Å². The third-order valence-electron chi connectivity index (χ3n) is 5.59. The maximum Gasteiger partial charge on any atom is 0.338 e. The minimum Gasteiger partial charge on any atom is -0.465 e. The molecule has 1 aromatic rings. The Hall–Kier alpha value is -1.50. The summed E-state index contributed by atoms with van der Waals surface area (Å²) in [7, 11) is 3.18. The highest BCUT2D eigenvalue weighted by atomic mass is 32.1. The number of carbonyl (C=O) groups is 2. The van der Waals surface area contributed by atoms with E-state index in [0.29, 0.717) is 30.2 Å². The van der Waals surface area contributed by atoms with E-state index >= 15 is 0 Å². The summed E-state index contributed by atoms with van der Waals surface area (Å²) in [6.45, 7) is 2.90. The Bertz CT molecular complexity index is 707. The van der Waals surface area contributed by atoms with Gasteiger partial charge in [-0.25, -0.2) is 4.79 Å². The van der Waals surface area contributed by atoms with Crippen molar-refractivity contribution >= 4 is 28.7 Å². The first-order valence-electron chi connectivity index (χ1n) is 9.20. The molecule has 142 valence electrons. The SMILES string of the molecule is COC(=O)c1csc(C(CCC2NCC2OC)=C2CCC(=O)CC2)c1C. The van der Waals surface area contributed by atoms with E-state index in [-0.39, 0.29) is 12.1 Å². The van der Waals surface area contributed by atoms with Crippen molar-refractivity contribution < 1.29 is 19.1 Å². The number of nitrogens with one attached hydrogen (secondary N) is 1. The van der Waals surface area contributed by atoms with E-state index in [1.165, 1.54) is 23.1 Å². The summed E-state index contributed by atoms with van der Waals surface area (Å²) in [5.41, 5.74) is 4.33. The maximum absolute atomic E-state index is 12.0. The summed E-state index contributed by atoms with van der Waals surface area (Å²) in [6, 6.07) is 0.376. The van der Waals surface area contributed by atoms with Gasteiger partial charge in [0, 0.05) is 42.8 Å². The van der Waals surface area contributed by atoms with Gasteiger partial charge in [-0.1, -0.05) is 5.57 Å². The van der Waals surface area contributed by atoms with Crippen LogP contribution in [0.5, 0.6) is 0 Å². The highest BCUT2D eigenvalue weighted by molar-refractivity contribution is 7.11. The third-order valence-corrected chi connectivity index (χ3v) is 6.74. The van der Waals surface area contributed by atoms with E-state index in [4.69, 9.17) is 9.47 Å². The van der Waals surface area contributed by atoms with Crippen molar-refractivity contribution in [2.24, 2.45) is 0 Å². The molecular weight excluding hydrogens is 350 g/mol. The first kappa shape index (κ1) is 19.3. The van der Waals surface area contributed by atoms with Crippen molar-refractivity contribution in [2.45, 2.75) is 57.6 Å². The van der Waals surface area contributed by atoms with Crippen LogP contribution < -0.4 is 5.32 Å². The Morgan fingerprint density at radius 1 is 1.27 bits per heavy atom. The second-order valence-electron chi connectivity index (χ2n) is 7.04. The molecule has 1 aromatic heterocycles. The number of hydrogen-bond acceptors (Lipinski definition) is 6. The van der Waals surface area contributed by atoms with Gasteiger partial charge in [-0.05, 0) is 43.7 Å². The van der Waals surface area contributed by atoms with Crippen molar-refractivity contribution in [3.63, 3.8) is 0 Å². The van der Waals surface area contributed by atoms with Gasteiger partial charge in [0.2, 0.25) is 0 Å². The summed E-state index contributed by atoms with van der Waals surface area (Å²) < 4.78 is 10.4. The average molecular weight is 378 g/mol. The summed E-state index contributed by atoms with van der Waals surface area (Å²) in [5, 5.41) is 5.33. The quantitative estimate of drug-likeness (QED) is 0.769. The van der Waals surface area contributed by atoms with Crippen molar-refractivity contribution in [1.29, 1.82) is 0 Å². The fourth-order valence-corrected chi connectivity index (χ4v) is 5.01. The van der Waals surface area contributed by atoms with Gasteiger partial charge in [-0.2, -0.15) is 0 Å². The lowest BCUT2D eigenvalue weighted by Gasteiger charge is -2.37. The number of methoxy groups -OCH3 is 2. The molecule has 2 heterocycles. The molecule has 1 saturated heterocycles. The lowest BCUT2D eigenvalue weighted by atomic mass is 9.85. The minimum atomic E-state index is -0.284. The molecule has 1 N–H and O–H groups in total. The molecule has 0 amide bonds. The lowest BCUT2D eigenvalue weighted by molar-refractivity contribution is -0.119. The molecule has 26 heavy (non-hydrogen) atoms. The smallest absolute Gasteiger partial charge is 0.338 e. The molecule has 1 aliphatic carbocycles. The molecule has 0 aromatic carbocycles. The molecule has 5 nitrogen and oxygen atoms in total. The van der Waals surface area contributed by atoms with Crippen LogP contribution in [-0.4, -0.2) is 44.7 Å². The van der Waals surface area contributed by atoms with Crippen molar-refractivity contribution in [1.82, 2.24) is 5.32 Å². The number of ether oxygens (including phenoxy) is 2. The molecule has 2 fully saturated rings. The van der Waals surface area contributed by atoms with E-state index < -0.39 is 0 Å². The molecule has 1 aliphatic heterocycles. The average Bonchev–Trinajstić information content (AvgIpc) is 3.00. The third kappa shape index (κ3) is 3.92. The number of esters is 1. The zero-order valence-electron chi connectivity index (χ0n) is 15.7. The van der Waals surface area contributed by atoms with Crippen molar-refractivity contribution in [2.75, 3.05) is 20.8 Å². The second kappa shape index (κ2) is 8.46. The van der Waals surface area contributed by atoms with E-state index in [0.717, 1.165) is 37.8 Å². The first-order valence-corrected chi connectivity index (χ1v) is 10.1. The predicted octanol–water partition coefficient (Wildman–Crippen LogP) is 3.51. The largest absolute Gasteiger partial charge is 0.465 e. The van der Waals surface area contributed by atoms with E-state index in [1.807, 2.05) is 12.3 Å². The second-order valence-corrected chi connectivity index (χ2v) is 7.92. The van der Waals surface area contributed by atoms with Gasteiger partial charge in [-0.15, -0.1) is 11.3 Å². The van der Waals surface area contributed by atoms with Crippen LogP contribution in [0, 0.1) is 6.92 Å². The Morgan fingerprint density at radius 2 is 2.00 bits per heavy atom. The molecule has 6 heteroatoms. The number of ketones is 1. The van der Waals surface area contributed by atoms with Crippen LogP contribution in [0.3, 0.4) is 0 Å². The first-order chi connectivity index (χ1) is 12.5. The van der Waals surface area contributed by atoms with E-state index in [9.17, 15) is 9.59 Å². The van der Waals surface area contributed by atoms with Crippen LogP contribution in [0.4, 0.5) is 0 Å². The Balaban J connectivity index is 1.86. The molecule has 2 atom stereocenters. The van der Waals surface area contributed by atoms with Gasteiger partial charge in [0.25, 0.3) is 0 Å². The highest BCUT2D eigenvalue weighted by Gasteiger charge is 2.31. The van der Waals surface area contributed by atoms with Crippen LogP contribution >= 0.6 is 11.3 Å². The highest BCUT2D eigenvalue weighted by Crippen LogP contribution is 2.38. The fraction of sp³-hybridized carbons (Fsp3) is 0.600. The topological polar surface area (TPSA) is 64.6 Å². The summed E-state index contributed by atoms with van der Waals surface area (Å²) in [4.78, 5) is 24.8. The van der Waals surface area contributed by atoms with Crippen molar-refractivity contribution in [3.8, 4) is 0 Å². The monoisotopic (exact) mass is 377 g/mol. The zero-order chi connectivity index (χ0) is 18.7. The molecule has 0 bridgehead atoms. The summed E-state index contributed by atoms with van der Waals surface area (Å²) in [6.07, 6.45) is 5.16. The van der Waals surface area contributed by atoms with Gasteiger partial charge in [0.1, 0.15) is 5.78 Å². The van der Waals surface area contributed by atoms with Crippen molar-refractivity contribution in [3.05, 3.63) is 27.0 Å². The number of thiophene rings is 1. The minimum absolute atomic E-state index is 0.282. The Kier molecular flexibility index (Phi) is 6.27. The van der Waals surface area contributed by atoms with E-state index in [2.05, 4.69) is 5.32 Å². The molecule has 2 aliphatic rings. The molecule has 1 saturated carbocycles. The van der Waals surface area contributed by atoms with Crippen LogP contribution in [0.2, 0.25) is 0 Å². The van der Waals surface area contributed by atoms with Gasteiger partial charge >= 0.3 is 5.97 Å². The molecule has 0 radical (unpaired) electrons. The zero-order valence-corrected chi connectivity index (χ0v) is 16.5. The number of hydrogen-bond donors (Lipinski definition) is 1. The number of allylic oxidation sites excluding steroid dienone is 2. The molecule has 0 spiro atoms. The van der Waals surface area contributed by atoms with Crippen LogP contribution in [0.15, 0.2) is 11.0 Å². The Morgan fingerprint density at radius 3 is 2.58 bits per heavy atom. The van der Waals surface area contributed by atoms with Crippen LogP contribution in [-0.2, 0) is 14.3 Å². The van der Waals surface area contributed by atoms with Crippen LogP contribution in [0.25, 0.3) is 5.57 Å². The van der Waals surface area contributed by atoms with Gasteiger partial charge in [-0.3, -0.25) is 4.79 Å². The van der Waals surface area contributed by atoms with E-state index in [1.54, 1.807) is 18.4 Å². The standard InChI is InChI=1S/C20H27NO4S/c1-12-16(20(23)25-3)11-26-19(12)15(13-4-6-14(22)7-5-13)8-9-17-18(24-2)10-21-17/h11,17-18,21H,4-10H2,1-3H3. The fourth-order valence-electron chi connectivity index (χ4n) is 3.82. The molecule has 2 unspecified atom stereocenters. The molecular formula is C20H27NO4S. The number of carbonyl (C=O) groups excluding carboxylic acids is 2. The molecule has 3 rings (SSSR count). The lowest BCUT2D eigenvalue weighted by Crippen LogP contribution is -2.57. The summed E-state index contributed by atoms with van der Waals surface area (Å²) >= 11 is 1.61. The van der Waals surface area contributed by atoms with Gasteiger partial charge < -0.3 is 14.8 Å². The normalized spacial score (nSPS) is 22.9.